The Kier molecular flexibility index (Phi) is 3.34. The quantitative estimate of drug-likeness (QED) is 0.638. The largest absolute Gasteiger partial charge is 0.416 e. The molecule has 0 aliphatic rings. The van der Waals surface area contributed by atoms with Crippen LogP contribution in [0, 0.1) is 21.4 Å². The van der Waals surface area contributed by atoms with Crippen LogP contribution in [0.15, 0.2) is 12.1 Å². The van der Waals surface area contributed by atoms with E-state index in [1.807, 2.05) is 0 Å². The van der Waals surface area contributed by atoms with Crippen molar-refractivity contribution in [2.75, 3.05) is 0 Å². The summed E-state index contributed by atoms with van der Waals surface area (Å²) < 4.78 is 37.5. The molecule has 0 atom stereocenters. The van der Waals surface area contributed by atoms with Crippen molar-refractivity contribution in [1.29, 1.82) is 5.26 Å². The van der Waals surface area contributed by atoms with E-state index in [-0.39, 0.29) is 0 Å². The van der Waals surface area contributed by atoms with E-state index >= 15 is 0 Å². The van der Waals surface area contributed by atoms with Crippen LogP contribution in [0.5, 0.6) is 0 Å². The highest BCUT2D eigenvalue weighted by Crippen LogP contribution is 2.35. The van der Waals surface area contributed by atoms with Crippen molar-refractivity contribution in [3.8, 4) is 6.07 Å². The van der Waals surface area contributed by atoms with Crippen molar-refractivity contribution < 1.29 is 23.2 Å². The summed E-state index contributed by atoms with van der Waals surface area (Å²) in [5.41, 5.74) is -3.34. The standard InChI is InChI=1S/C9H5F3N2O3/c10-9(11,12)7-1-5(3-13)8(14(16)17)2-6(7)4-15/h1-2,15H,4H2. The molecule has 8 heteroatoms. The third kappa shape index (κ3) is 2.51. The molecule has 0 amide bonds. The number of rotatable bonds is 2. The van der Waals surface area contributed by atoms with Gasteiger partial charge in [0.1, 0.15) is 11.6 Å². The molecule has 90 valence electrons. The molecular weight excluding hydrogens is 241 g/mol. The molecule has 0 unspecified atom stereocenters. The van der Waals surface area contributed by atoms with Crippen LogP contribution in [-0.2, 0) is 12.8 Å². The van der Waals surface area contributed by atoms with Gasteiger partial charge in [-0.2, -0.15) is 18.4 Å². The van der Waals surface area contributed by atoms with Crippen molar-refractivity contribution >= 4 is 5.69 Å². The van der Waals surface area contributed by atoms with Crippen LogP contribution in [0.3, 0.4) is 0 Å². The molecule has 0 aliphatic carbocycles. The lowest BCUT2D eigenvalue weighted by Crippen LogP contribution is -2.11. The summed E-state index contributed by atoms with van der Waals surface area (Å²) in [5.74, 6) is 0. The number of benzene rings is 1. The highest BCUT2D eigenvalue weighted by molar-refractivity contribution is 5.54. The number of aliphatic hydroxyl groups is 1. The molecule has 1 aromatic carbocycles. The van der Waals surface area contributed by atoms with Gasteiger partial charge in [0.2, 0.25) is 0 Å². The Morgan fingerprint density at radius 1 is 1.47 bits per heavy atom. The maximum atomic E-state index is 12.5. The van der Waals surface area contributed by atoms with E-state index < -0.39 is 40.1 Å². The van der Waals surface area contributed by atoms with Gasteiger partial charge in [-0.25, -0.2) is 0 Å². The molecule has 1 N–H and O–H groups in total. The van der Waals surface area contributed by atoms with E-state index in [4.69, 9.17) is 10.4 Å². The molecule has 5 nitrogen and oxygen atoms in total. The highest BCUT2D eigenvalue weighted by atomic mass is 19.4. The van der Waals surface area contributed by atoms with Gasteiger partial charge in [-0.1, -0.05) is 0 Å². The van der Waals surface area contributed by atoms with Crippen molar-refractivity contribution in [2.24, 2.45) is 0 Å². The summed E-state index contributed by atoms with van der Waals surface area (Å²) in [7, 11) is 0. The molecule has 0 bridgehead atoms. The van der Waals surface area contributed by atoms with E-state index in [1.165, 1.54) is 6.07 Å². The predicted molar refractivity (Wildman–Crippen MR) is 48.7 cm³/mol. The Bertz CT molecular complexity index is 505. The second kappa shape index (κ2) is 4.39. The number of nitro groups is 1. The van der Waals surface area contributed by atoms with Crippen LogP contribution >= 0.6 is 0 Å². The Hall–Kier alpha value is -2.14. The number of nitriles is 1. The zero-order valence-electron chi connectivity index (χ0n) is 8.15. The van der Waals surface area contributed by atoms with Gasteiger partial charge in [-0.3, -0.25) is 10.1 Å². The normalized spacial score (nSPS) is 11.0. The lowest BCUT2D eigenvalue weighted by atomic mass is 10.0. The zero-order valence-corrected chi connectivity index (χ0v) is 8.15. The van der Waals surface area contributed by atoms with E-state index in [0.717, 1.165) is 0 Å². The van der Waals surface area contributed by atoms with Gasteiger partial charge in [0, 0.05) is 6.07 Å². The molecule has 0 radical (unpaired) electrons. The van der Waals surface area contributed by atoms with Gasteiger partial charge in [-0.05, 0) is 11.6 Å². The molecule has 0 fully saturated rings. The molecule has 1 rings (SSSR count). The summed E-state index contributed by atoms with van der Waals surface area (Å²) >= 11 is 0. The molecule has 0 aromatic heterocycles. The summed E-state index contributed by atoms with van der Waals surface area (Å²) in [6.45, 7) is -0.999. The second-order valence-corrected chi connectivity index (χ2v) is 3.05. The van der Waals surface area contributed by atoms with Crippen molar-refractivity contribution in [1.82, 2.24) is 0 Å². The first-order valence-electron chi connectivity index (χ1n) is 4.20. The Labute approximate surface area is 92.9 Å². The Morgan fingerprint density at radius 2 is 2.06 bits per heavy atom. The maximum absolute atomic E-state index is 12.5. The first-order chi connectivity index (χ1) is 7.81. The molecule has 0 saturated carbocycles. The fourth-order valence-corrected chi connectivity index (χ4v) is 1.27. The van der Waals surface area contributed by atoms with Gasteiger partial charge in [0.15, 0.2) is 0 Å². The number of hydrogen-bond acceptors (Lipinski definition) is 4. The second-order valence-electron chi connectivity index (χ2n) is 3.05. The van der Waals surface area contributed by atoms with Crippen LogP contribution in [0.1, 0.15) is 16.7 Å². The molecular formula is C9H5F3N2O3. The maximum Gasteiger partial charge on any atom is 0.416 e. The molecule has 0 heterocycles. The first kappa shape index (κ1) is 12.9. The van der Waals surface area contributed by atoms with Crippen molar-refractivity contribution in [2.45, 2.75) is 12.8 Å². The van der Waals surface area contributed by atoms with Crippen LogP contribution in [0.4, 0.5) is 18.9 Å². The fraction of sp³-hybridized carbons (Fsp3) is 0.222. The summed E-state index contributed by atoms with van der Waals surface area (Å²) in [6, 6.07) is 2.24. The van der Waals surface area contributed by atoms with E-state index in [1.54, 1.807) is 0 Å². The average Bonchev–Trinajstić information content (AvgIpc) is 2.25. The molecule has 17 heavy (non-hydrogen) atoms. The van der Waals surface area contributed by atoms with E-state index in [2.05, 4.69) is 0 Å². The number of halogens is 3. The minimum atomic E-state index is -4.78. The minimum Gasteiger partial charge on any atom is -0.392 e. The molecule has 0 spiro atoms. The number of hydrogen-bond donors (Lipinski definition) is 1. The van der Waals surface area contributed by atoms with Crippen molar-refractivity contribution in [3.63, 3.8) is 0 Å². The van der Waals surface area contributed by atoms with Crippen LogP contribution in [0.25, 0.3) is 0 Å². The number of aliphatic hydroxyl groups excluding tert-OH is 1. The lowest BCUT2D eigenvalue weighted by molar-refractivity contribution is -0.385. The zero-order chi connectivity index (χ0) is 13.2. The summed E-state index contributed by atoms with van der Waals surface area (Å²) in [5, 5.41) is 27.8. The number of nitro benzene ring substituents is 1. The van der Waals surface area contributed by atoms with E-state index in [9.17, 15) is 23.3 Å². The highest BCUT2D eigenvalue weighted by Gasteiger charge is 2.35. The van der Waals surface area contributed by atoms with Crippen molar-refractivity contribution in [3.05, 3.63) is 38.9 Å². The topological polar surface area (TPSA) is 87.2 Å². The van der Waals surface area contributed by atoms with Gasteiger partial charge in [-0.15, -0.1) is 0 Å². The summed E-state index contributed by atoms with van der Waals surface area (Å²) in [6.07, 6.45) is -4.78. The third-order valence-electron chi connectivity index (χ3n) is 2.01. The average molecular weight is 246 g/mol. The van der Waals surface area contributed by atoms with Crippen LogP contribution in [-0.4, -0.2) is 10.0 Å². The smallest absolute Gasteiger partial charge is 0.392 e. The number of nitrogens with zero attached hydrogens (tertiary/aromatic N) is 2. The molecule has 0 saturated heterocycles. The SMILES string of the molecule is N#Cc1cc(C(F)(F)F)c(CO)cc1[N+](=O)[O-]. The first-order valence-corrected chi connectivity index (χ1v) is 4.20. The number of alkyl halides is 3. The molecule has 1 aromatic rings. The Balaban J connectivity index is 3.56. The predicted octanol–water partition coefficient (Wildman–Crippen LogP) is 1.98. The van der Waals surface area contributed by atoms with Crippen LogP contribution in [0.2, 0.25) is 0 Å². The lowest BCUT2D eigenvalue weighted by Gasteiger charge is -2.11. The van der Waals surface area contributed by atoms with Crippen LogP contribution < -0.4 is 0 Å². The molecule has 0 aliphatic heterocycles. The minimum absolute atomic E-state index is 0.365. The fourth-order valence-electron chi connectivity index (χ4n) is 1.27. The van der Waals surface area contributed by atoms with Gasteiger partial charge >= 0.3 is 6.18 Å². The Morgan fingerprint density at radius 3 is 2.41 bits per heavy atom. The van der Waals surface area contributed by atoms with E-state index in [0.29, 0.717) is 12.1 Å². The summed E-state index contributed by atoms with van der Waals surface area (Å²) in [4.78, 5) is 9.53. The third-order valence-corrected chi connectivity index (χ3v) is 2.01. The van der Waals surface area contributed by atoms with Gasteiger partial charge < -0.3 is 5.11 Å². The van der Waals surface area contributed by atoms with Gasteiger partial charge in [0.25, 0.3) is 5.69 Å². The monoisotopic (exact) mass is 246 g/mol. The van der Waals surface area contributed by atoms with Gasteiger partial charge in [0.05, 0.1) is 17.1 Å².